The lowest BCUT2D eigenvalue weighted by molar-refractivity contribution is 0.0958. The van der Waals surface area contributed by atoms with Crippen LogP contribution >= 0.6 is 11.3 Å². The lowest BCUT2D eigenvalue weighted by atomic mass is 9.99. The van der Waals surface area contributed by atoms with Gasteiger partial charge in [-0.15, -0.1) is 11.3 Å². The van der Waals surface area contributed by atoms with Crippen molar-refractivity contribution in [3.8, 4) is 0 Å². The minimum absolute atomic E-state index is 0.161. The molecule has 0 aromatic carbocycles. The summed E-state index contributed by atoms with van der Waals surface area (Å²) in [6, 6.07) is 7.92. The third-order valence-electron chi connectivity index (χ3n) is 5.08. The van der Waals surface area contributed by atoms with Crippen LogP contribution in [0, 0.1) is 6.92 Å². The predicted octanol–water partition coefficient (Wildman–Crippen LogP) is 3.72. The van der Waals surface area contributed by atoms with Crippen LogP contribution in [0.1, 0.15) is 28.2 Å². The van der Waals surface area contributed by atoms with Crippen molar-refractivity contribution in [2.75, 3.05) is 30.4 Å². The molecule has 0 saturated heterocycles. The van der Waals surface area contributed by atoms with Gasteiger partial charge in [0, 0.05) is 37.9 Å². The van der Waals surface area contributed by atoms with Gasteiger partial charge in [0.25, 0.3) is 5.91 Å². The van der Waals surface area contributed by atoms with Crippen molar-refractivity contribution < 1.29 is 4.79 Å². The van der Waals surface area contributed by atoms with Gasteiger partial charge in [-0.1, -0.05) is 11.6 Å². The maximum absolute atomic E-state index is 11.8. The fourth-order valence-corrected chi connectivity index (χ4v) is 4.08. The maximum atomic E-state index is 11.8. The predicted molar refractivity (Wildman–Crippen MR) is 121 cm³/mol. The van der Waals surface area contributed by atoms with Crippen LogP contribution in [0.25, 0.3) is 0 Å². The van der Waals surface area contributed by atoms with E-state index in [9.17, 15) is 4.79 Å². The molecule has 2 N–H and O–H groups in total. The standard InChI is InChI=1S/C22H24N6OS/c1-15-19(4-3-18(26-15)21(29)23-2)28-10-6-16(7-11-28)13-17-5-8-24-20(14-17)27-22-25-9-12-30-22/h3-6,8-9,12,14H,7,10-11,13H2,1-2H3,(H,23,29)(H,24,25,27). The van der Waals surface area contributed by atoms with Crippen LogP contribution in [0.15, 0.2) is 53.7 Å². The highest BCUT2D eigenvalue weighted by Crippen LogP contribution is 2.25. The van der Waals surface area contributed by atoms with Crippen LogP contribution in [0.4, 0.5) is 16.6 Å². The summed E-state index contributed by atoms with van der Waals surface area (Å²) in [5.41, 5.74) is 5.06. The lowest BCUT2D eigenvalue weighted by Gasteiger charge is -2.29. The van der Waals surface area contributed by atoms with Crippen LogP contribution in [0.5, 0.6) is 0 Å². The quantitative estimate of drug-likeness (QED) is 0.592. The van der Waals surface area contributed by atoms with Crippen molar-refractivity contribution in [3.63, 3.8) is 0 Å². The Morgan fingerprint density at radius 3 is 2.83 bits per heavy atom. The first kappa shape index (κ1) is 20.0. The third-order valence-corrected chi connectivity index (χ3v) is 5.77. The highest BCUT2D eigenvalue weighted by Gasteiger charge is 2.16. The van der Waals surface area contributed by atoms with E-state index in [4.69, 9.17) is 0 Å². The minimum atomic E-state index is -0.161. The molecule has 1 aliphatic heterocycles. The summed E-state index contributed by atoms with van der Waals surface area (Å²) in [6.07, 6.45) is 7.82. The zero-order valence-electron chi connectivity index (χ0n) is 17.1. The summed E-state index contributed by atoms with van der Waals surface area (Å²) in [5, 5.41) is 8.65. The van der Waals surface area contributed by atoms with E-state index >= 15 is 0 Å². The number of carbonyl (C=O) groups is 1. The van der Waals surface area contributed by atoms with E-state index < -0.39 is 0 Å². The Bertz CT molecular complexity index is 1060. The van der Waals surface area contributed by atoms with E-state index in [1.807, 2.05) is 24.6 Å². The molecule has 154 valence electrons. The Hall–Kier alpha value is -3.26. The molecule has 3 aromatic heterocycles. The lowest BCUT2D eigenvalue weighted by Crippen LogP contribution is -2.30. The minimum Gasteiger partial charge on any atom is -0.366 e. The summed E-state index contributed by atoms with van der Waals surface area (Å²) in [6.45, 7) is 3.73. The first-order valence-electron chi connectivity index (χ1n) is 9.86. The summed E-state index contributed by atoms with van der Waals surface area (Å²) in [4.78, 5) is 27.2. The van der Waals surface area contributed by atoms with Crippen molar-refractivity contribution in [1.82, 2.24) is 20.3 Å². The molecule has 4 heterocycles. The monoisotopic (exact) mass is 420 g/mol. The van der Waals surface area contributed by atoms with Crippen LogP contribution in [0.2, 0.25) is 0 Å². The number of pyridine rings is 2. The molecule has 0 unspecified atom stereocenters. The number of hydrogen-bond acceptors (Lipinski definition) is 7. The number of hydrogen-bond donors (Lipinski definition) is 2. The third kappa shape index (κ3) is 4.65. The van der Waals surface area contributed by atoms with Crippen LogP contribution in [-0.4, -0.2) is 41.0 Å². The highest BCUT2D eigenvalue weighted by atomic mass is 32.1. The van der Waals surface area contributed by atoms with Crippen molar-refractivity contribution in [2.24, 2.45) is 0 Å². The summed E-state index contributed by atoms with van der Waals surface area (Å²) < 4.78 is 0. The summed E-state index contributed by atoms with van der Waals surface area (Å²) in [7, 11) is 1.62. The van der Waals surface area contributed by atoms with Crippen LogP contribution < -0.4 is 15.5 Å². The second-order valence-electron chi connectivity index (χ2n) is 7.13. The SMILES string of the molecule is CNC(=O)c1ccc(N2CC=C(Cc3ccnc(Nc4nccs4)c3)CC2)c(C)n1. The van der Waals surface area contributed by atoms with Gasteiger partial charge in [0.05, 0.1) is 11.4 Å². The van der Waals surface area contributed by atoms with Crippen molar-refractivity contribution in [2.45, 2.75) is 19.8 Å². The Morgan fingerprint density at radius 1 is 1.23 bits per heavy atom. The highest BCUT2D eigenvalue weighted by molar-refractivity contribution is 7.13. The van der Waals surface area contributed by atoms with E-state index in [1.54, 1.807) is 30.6 Å². The number of aryl methyl sites for hydroxylation is 1. The van der Waals surface area contributed by atoms with Gasteiger partial charge in [0.15, 0.2) is 5.13 Å². The molecule has 0 saturated carbocycles. The number of nitrogens with one attached hydrogen (secondary N) is 2. The molecule has 4 rings (SSSR count). The van der Waals surface area contributed by atoms with Gasteiger partial charge in [-0.25, -0.2) is 15.0 Å². The number of rotatable bonds is 6. The zero-order valence-corrected chi connectivity index (χ0v) is 17.9. The van der Waals surface area contributed by atoms with Crippen molar-refractivity contribution >= 4 is 33.9 Å². The Morgan fingerprint density at radius 2 is 2.13 bits per heavy atom. The van der Waals surface area contributed by atoms with E-state index in [1.165, 1.54) is 11.1 Å². The molecule has 1 amide bonds. The van der Waals surface area contributed by atoms with Gasteiger partial charge in [-0.2, -0.15) is 0 Å². The average Bonchev–Trinajstić information content (AvgIpc) is 3.27. The van der Waals surface area contributed by atoms with Crippen LogP contribution in [0.3, 0.4) is 0 Å². The number of carbonyl (C=O) groups excluding carboxylic acids is 1. The fraction of sp³-hybridized carbons (Fsp3) is 0.273. The average molecular weight is 421 g/mol. The number of anilines is 3. The van der Waals surface area contributed by atoms with Crippen molar-refractivity contribution in [3.05, 3.63) is 70.6 Å². The van der Waals surface area contributed by atoms with Gasteiger partial charge in [0.2, 0.25) is 0 Å². The van der Waals surface area contributed by atoms with E-state index in [0.717, 1.165) is 48.3 Å². The topological polar surface area (TPSA) is 83.0 Å². The van der Waals surface area contributed by atoms with E-state index in [2.05, 4.69) is 48.7 Å². The maximum Gasteiger partial charge on any atom is 0.269 e. The Labute approximate surface area is 179 Å². The van der Waals surface area contributed by atoms with E-state index in [-0.39, 0.29) is 5.91 Å². The molecule has 30 heavy (non-hydrogen) atoms. The molecule has 0 fully saturated rings. The Kier molecular flexibility index (Phi) is 6.04. The van der Waals surface area contributed by atoms with Gasteiger partial charge in [-0.05, 0) is 49.6 Å². The normalized spacial score (nSPS) is 13.7. The molecule has 0 aliphatic carbocycles. The second-order valence-corrected chi connectivity index (χ2v) is 8.02. The number of amides is 1. The summed E-state index contributed by atoms with van der Waals surface area (Å²) >= 11 is 1.56. The molecular weight excluding hydrogens is 396 g/mol. The second kappa shape index (κ2) is 9.04. The molecule has 0 radical (unpaired) electrons. The molecular formula is C22H24N6OS. The molecule has 0 bridgehead atoms. The Balaban J connectivity index is 1.40. The number of nitrogens with zero attached hydrogens (tertiary/aromatic N) is 4. The molecule has 8 heteroatoms. The summed E-state index contributed by atoms with van der Waals surface area (Å²) in [5.74, 6) is 0.657. The fourth-order valence-electron chi connectivity index (χ4n) is 3.54. The molecule has 3 aromatic rings. The van der Waals surface area contributed by atoms with Gasteiger partial charge in [0.1, 0.15) is 11.5 Å². The van der Waals surface area contributed by atoms with Crippen LogP contribution in [-0.2, 0) is 6.42 Å². The molecule has 0 atom stereocenters. The van der Waals surface area contributed by atoms with E-state index in [0.29, 0.717) is 5.69 Å². The van der Waals surface area contributed by atoms with Crippen molar-refractivity contribution in [1.29, 1.82) is 0 Å². The largest absolute Gasteiger partial charge is 0.366 e. The zero-order chi connectivity index (χ0) is 20.9. The first-order valence-corrected chi connectivity index (χ1v) is 10.7. The van der Waals surface area contributed by atoms with Gasteiger partial charge < -0.3 is 15.5 Å². The molecule has 1 aliphatic rings. The number of thiazole rings is 1. The van der Waals surface area contributed by atoms with Gasteiger partial charge >= 0.3 is 0 Å². The molecule has 7 nitrogen and oxygen atoms in total. The first-order chi connectivity index (χ1) is 14.6. The van der Waals surface area contributed by atoms with Gasteiger partial charge in [-0.3, -0.25) is 4.79 Å². The molecule has 0 spiro atoms. The number of aromatic nitrogens is 3. The smallest absolute Gasteiger partial charge is 0.269 e.